The van der Waals surface area contributed by atoms with Gasteiger partial charge in [0.1, 0.15) is 0 Å². The summed E-state index contributed by atoms with van der Waals surface area (Å²) in [5.74, 6) is -0.105. The van der Waals surface area contributed by atoms with E-state index in [9.17, 15) is 4.79 Å². The number of carboxylic acid groups (broad SMARTS) is 1. The molecule has 18 heavy (non-hydrogen) atoms. The van der Waals surface area contributed by atoms with E-state index in [-0.39, 0.29) is 5.69 Å². The third-order valence-electron chi connectivity index (χ3n) is 3.68. The molecule has 5 heteroatoms. The van der Waals surface area contributed by atoms with E-state index in [4.69, 9.17) is 5.11 Å². The average Bonchev–Trinajstić information content (AvgIpc) is 2.60. The van der Waals surface area contributed by atoms with E-state index in [0.29, 0.717) is 0 Å². The minimum atomic E-state index is -0.920. The van der Waals surface area contributed by atoms with Crippen molar-refractivity contribution in [3.63, 3.8) is 0 Å². The van der Waals surface area contributed by atoms with Crippen LogP contribution in [0, 0.1) is 12.8 Å². The molecule has 0 spiro atoms. The minimum Gasteiger partial charge on any atom is -0.476 e. The quantitative estimate of drug-likeness (QED) is 0.915. The maximum Gasteiger partial charge on any atom is 0.355 e. The predicted octanol–water partition coefficient (Wildman–Crippen LogP) is 3.17. The molecule has 0 aromatic carbocycles. The van der Waals surface area contributed by atoms with Crippen molar-refractivity contribution >= 4 is 22.4 Å². The first-order valence-corrected chi connectivity index (χ1v) is 7.39. The summed E-state index contributed by atoms with van der Waals surface area (Å²) in [6.07, 6.45) is 4.89. The van der Waals surface area contributed by atoms with Gasteiger partial charge in [0.05, 0.1) is 0 Å². The molecule has 0 saturated carbocycles. The summed E-state index contributed by atoms with van der Waals surface area (Å²) in [6, 6.07) is 0. The maximum absolute atomic E-state index is 11.0. The van der Waals surface area contributed by atoms with Gasteiger partial charge in [-0.3, -0.25) is 0 Å². The average molecular weight is 268 g/mol. The molecule has 0 amide bonds. The van der Waals surface area contributed by atoms with E-state index in [1.807, 2.05) is 6.92 Å². The van der Waals surface area contributed by atoms with Crippen molar-refractivity contribution in [2.75, 3.05) is 18.0 Å². The van der Waals surface area contributed by atoms with Crippen molar-refractivity contribution in [2.24, 2.45) is 5.92 Å². The highest BCUT2D eigenvalue weighted by Crippen LogP contribution is 2.29. The number of carbonyl (C=O) groups is 1. The van der Waals surface area contributed by atoms with Gasteiger partial charge in [0.15, 0.2) is 10.8 Å². The number of aryl methyl sites for hydroxylation is 1. The second-order valence-corrected chi connectivity index (χ2v) is 6.08. The molecule has 0 aliphatic carbocycles. The fraction of sp³-hybridized carbons (Fsp3) is 0.692. The molecule has 4 nitrogen and oxygen atoms in total. The van der Waals surface area contributed by atoms with E-state index in [1.54, 1.807) is 0 Å². The van der Waals surface area contributed by atoms with Gasteiger partial charge in [-0.25, -0.2) is 9.78 Å². The summed E-state index contributed by atoms with van der Waals surface area (Å²) < 4.78 is 0. The Morgan fingerprint density at radius 2 is 2.28 bits per heavy atom. The summed E-state index contributed by atoms with van der Waals surface area (Å²) in [6.45, 7) is 6.08. The van der Waals surface area contributed by atoms with Crippen molar-refractivity contribution in [1.82, 2.24) is 4.98 Å². The monoisotopic (exact) mass is 268 g/mol. The number of rotatable bonds is 3. The number of nitrogens with zero attached hydrogens (tertiary/aromatic N) is 2. The van der Waals surface area contributed by atoms with Crippen LogP contribution in [0.25, 0.3) is 0 Å². The standard InChI is InChI=1S/C13H20N2O2S/c1-3-10-5-4-7-15(8-6-10)13-14-11(12(16)17)9(2)18-13/h10H,3-8H2,1-2H3,(H,16,17). The SMILES string of the molecule is CCC1CCCN(c2nc(C(=O)O)c(C)s2)CC1. The molecule has 1 N–H and O–H groups in total. The van der Waals surface area contributed by atoms with Gasteiger partial charge < -0.3 is 10.0 Å². The molecule has 1 saturated heterocycles. The molecule has 0 radical (unpaired) electrons. The molecule has 1 aliphatic rings. The predicted molar refractivity (Wildman–Crippen MR) is 73.7 cm³/mol. The Bertz CT molecular complexity index is 431. The van der Waals surface area contributed by atoms with Gasteiger partial charge in [0.25, 0.3) is 0 Å². The van der Waals surface area contributed by atoms with E-state index in [0.717, 1.165) is 29.0 Å². The third-order valence-corrected chi connectivity index (χ3v) is 4.72. The highest BCUT2D eigenvalue weighted by atomic mass is 32.1. The molecule has 1 aliphatic heterocycles. The smallest absolute Gasteiger partial charge is 0.355 e. The maximum atomic E-state index is 11.0. The van der Waals surface area contributed by atoms with Crippen molar-refractivity contribution in [2.45, 2.75) is 39.5 Å². The first-order valence-electron chi connectivity index (χ1n) is 6.57. The van der Waals surface area contributed by atoms with Crippen LogP contribution in [0.4, 0.5) is 5.13 Å². The number of thiazole rings is 1. The topological polar surface area (TPSA) is 53.4 Å². The van der Waals surface area contributed by atoms with Crippen molar-refractivity contribution < 1.29 is 9.90 Å². The Morgan fingerprint density at radius 3 is 2.89 bits per heavy atom. The minimum absolute atomic E-state index is 0.214. The summed E-state index contributed by atoms with van der Waals surface area (Å²) >= 11 is 1.50. The second kappa shape index (κ2) is 5.69. The number of carboxylic acids is 1. The molecule has 2 rings (SSSR count). The van der Waals surface area contributed by atoms with Crippen LogP contribution < -0.4 is 4.90 Å². The lowest BCUT2D eigenvalue weighted by Gasteiger charge is -2.19. The summed E-state index contributed by atoms with van der Waals surface area (Å²) in [5, 5.41) is 9.92. The summed E-state index contributed by atoms with van der Waals surface area (Å²) in [5.41, 5.74) is 0.214. The van der Waals surface area contributed by atoms with E-state index >= 15 is 0 Å². The van der Waals surface area contributed by atoms with E-state index in [2.05, 4.69) is 16.8 Å². The van der Waals surface area contributed by atoms with Crippen molar-refractivity contribution in [3.05, 3.63) is 10.6 Å². The van der Waals surface area contributed by atoms with Crippen molar-refractivity contribution in [3.8, 4) is 0 Å². The normalized spacial score (nSPS) is 20.8. The van der Waals surface area contributed by atoms with Gasteiger partial charge >= 0.3 is 5.97 Å². The lowest BCUT2D eigenvalue weighted by molar-refractivity contribution is 0.0690. The van der Waals surface area contributed by atoms with Gasteiger partial charge in [-0.1, -0.05) is 13.3 Å². The van der Waals surface area contributed by atoms with Crippen molar-refractivity contribution in [1.29, 1.82) is 0 Å². The molecular formula is C13H20N2O2S. The highest BCUT2D eigenvalue weighted by Gasteiger charge is 2.21. The summed E-state index contributed by atoms with van der Waals surface area (Å²) in [4.78, 5) is 18.3. The number of hydrogen-bond donors (Lipinski definition) is 1. The molecule has 1 aromatic rings. The molecule has 1 atom stereocenters. The lowest BCUT2D eigenvalue weighted by atomic mass is 9.98. The van der Waals surface area contributed by atoms with E-state index < -0.39 is 5.97 Å². The first-order chi connectivity index (χ1) is 8.61. The first kappa shape index (κ1) is 13.3. The number of anilines is 1. The fourth-order valence-electron chi connectivity index (χ4n) is 2.48. The van der Waals surface area contributed by atoms with Crippen LogP contribution in [-0.2, 0) is 0 Å². The molecule has 1 unspecified atom stereocenters. The molecule has 0 bridgehead atoms. The Kier molecular flexibility index (Phi) is 4.22. The van der Waals surface area contributed by atoms with Crippen LogP contribution in [0.3, 0.4) is 0 Å². The Balaban J connectivity index is 2.11. The zero-order valence-electron chi connectivity index (χ0n) is 11.0. The van der Waals surface area contributed by atoms with Gasteiger partial charge in [0, 0.05) is 18.0 Å². The zero-order valence-corrected chi connectivity index (χ0v) is 11.8. The van der Waals surface area contributed by atoms with Crippen LogP contribution in [0.1, 0.15) is 48.0 Å². The van der Waals surface area contributed by atoms with E-state index in [1.165, 1.54) is 37.0 Å². The molecular weight excluding hydrogens is 248 g/mol. The third kappa shape index (κ3) is 2.83. The molecule has 1 fully saturated rings. The summed E-state index contributed by atoms with van der Waals surface area (Å²) in [7, 11) is 0. The highest BCUT2D eigenvalue weighted by molar-refractivity contribution is 7.15. The lowest BCUT2D eigenvalue weighted by Crippen LogP contribution is -2.24. The largest absolute Gasteiger partial charge is 0.476 e. The van der Waals surface area contributed by atoms with Crippen LogP contribution in [0.5, 0.6) is 0 Å². The van der Waals surface area contributed by atoms with Gasteiger partial charge in [-0.2, -0.15) is 0 Å². The number of hydrogen-bond acceptors (Lipinski definition) is 4. The van der Waals surface area contributed by atoms with Crippen LogP contribution >= 0.6 is 11.3 Å². The molecule has 2 heterocycles. The van der Waals surface area contributed by atoms with Crippen LogP contribution in [0.15, 0.2) is 0 Å². The Morgan fingerprint density at radius 1 is 1.50 bits per heavy atom. The Hall–Kier alpha value is -1.10. The van der Waals surface area contributed by atoms with Gasteiger partial charge in [0.2, 0.25) is 0 Å². The molecule has 100 valence electrons. The van der Waals surface area contributed by atoms with Crippen LogP contribution in [-0.4, -0.2) is 29.1 Å². The Labute approximate surface area is 112 Å². The number of aromatic nitrogens is 1. The zero-order chi connectivity index (χ0) is 13.1. The number of aromatic carboxylic acids is 1. The fourth-order valence-corrected chi connectivity index (χ4v) is 3.43. The second-order valence-electron chi connectivity index (χ2n) is 4.90. The van der Waals surface area contributed by atoms with Crippen LogP contribution in [0.2, 0.25) is 0 Å². The molecule has 1 aromatic heterocycles. The van der Waals surface area contributed by atoms with Gasteiger partial charge in [-0.05, 0) is 32.1 Å². The van der Waals surface area contributed by atoms with Gasteiger partial charge in [-0.15, -0.1) is 11.3 Å².